The third kappa shape index (κ3) is 7.98. The zero-order chi connectivity index (χ0) is 44.1. The number of nitrogens with zero attached hydrogens (tertiary/aromatic N) is 5. The molecule has 4 N–H and O–H groups in total. The molecule has 6 fully saturated rings. The number of likely N-dealkylation sites (tertiary alicyclic amines) is 2. The van der Waals surface area contributed by atoms with Crippen LogP contribution in [-0.4, -0.2) is 119 Å². The number of aromatic nitrogens is 4. The van der Waals surface area contributed by atoms with E-state index in [1.165, 1.54) is 14.2 Å². The molecule has 0 bridgehead atoms. The number of H-pyrrole nitrogens is 2. The number of aromatic amines is 2. The Morgan fingerprint density at radius 2 is 1.16 bits per heavy atom. The average Bonchev–Trinajstić information content (AvgIpc) is 3.96. The van der Waals surface area contributed by atoms with Gasteiger partial charge in [0.1, 0.15) is 41.2 Å². The molecule has 2 saturated carbocycles. The number of hydrogen-bond donors (Lipinski definition) is 4. The Morgan fingerprint density at radius 3 is 1.64 bits per heavy atom. The average molecular weight is 872 g/mol. The van der Waals surface area contributed by atoms with Gasteiger partial charge in [-0.3, -0.25) is 9.59 Å². The molecule has 6 aliphatic rings. The number of benzene rings is 2. The molecular formula is C47H53N9O8. The lowest BCUT2D eigenvalue weighted by atomic mass is 9.90. The van der Waals surface area contributed by atoms with E-state index in [4.69, 9.17) is 28.9 Å². The summed E-state index contributed by atoms with van der Waals surface area (Å²) in [7, 11) is 2.60. The van der Waals surface area contributed by atoms with E-state index < -0.39 is 24.3 Å². The fourth-order valence-corrected chi connectivity index (χ4v) is 10.7. The number of amides is 4. The Balaban J connectivity index is 0.828. The van der Waals surface area contributed by atoms with Crippen molar-refractivity contribution in [3.05, 3.63) is 72.1 Å². The van der Waals surface area contributed by atoms with E-state index in [1.54, 1.807) is 0 Å². The summed E-state index contributed by atoms with van der Waals surface area (Å²) in [5.74, 6) is 1.71. The molecule has 2 aromatic heterocycles. The van der Waals surface area contributed by atoms with Crippen LogP contribution in [0.4, 0.5) is 9.59 Å². The molecule has 17 heteroatoms. The monoisotopic (exact) mass is 871 g/mol. The Hall–Kier alpha value is -6.25. The lowest BCUT2D eigenvalue weighted by molar-refractivity contribution is -0.138. The van der Waals surface area contributed by atoms with Crippen LogP contribution < -0.4 is 10.6 Å². The Morgan fingerprint density at radius 1 is 0.688 bits per heavy atom. The first kappa shape index (κ1) is 41.7. The van der Waals surface area contributed by atoms with Crippen LogP contribution in [0.5, 0.6) is 0 Å². The summed E-state index contributed by atoms with van der Waals surface area (Å²) in [4.78, 5) is 73.7. The van der Waals surface area contributed by atoms with E-state index in [2.05, 4.69) is 26.7 Å². The number of ether oxygens (including phenoxy) is 4. The van der Waals surface area contributed by atoms with Gasteiger partial charge in [0.05, 0.1) is 32.0 Å². The molecule has 334 valence electrons. The van der Waals surface area contributed by atoms with Crippen molar-refractivity contribution in [3.8, 4) is 39.7 Å². The number of rotatable bonds is 11. The zero-order valence-corrected chi connectivity index (χ0v) is 36.0. The van der Waals surface area contributed by atoms with Gasteiger partial charge in [-0.05, 0) is 86.2 Å². The molecule has 64 heavy (non-hydrogen) atoms. The third-order valence-electron chi connectivity index (χ3n) is 14.4. The molecule has 2 aliphatic carbocycles. The molecule has 2 aromatic carbocycles. The van der Waals surface area contributed by atoms with E-state index >= 15 is 0 Å². The third-order valence-corrected chi connectivity index (χ3v) is 14.4. The Kier molecular flexibility index (Phi) is 11.3. The SMILES string of the molecule is COC(=O)N[C@H](C(=O)N1[C@@H]2C[C@@H]2C[C@H]1c1nc(-c2ccc(-c3ccc(-c4nc([C@@H]5C[C@H]6C[C@H]6N5C(=O)[C@@H](NC(=O)OC)C5CCOCC5)[nH]c4C#N)cc3)cc2)c[nH]1)C1CCOCC1. The Bertz CT molecular complexity index is 2430. The maximum atomic E-state index is 14.3. The van der Waals surface area contributed by atoms with E-state index in [1.807, 2.05) is 64.5 Å². The highest BCUT2D eigenvalue weighted by atomic mass is 16.5. The maximum Gasteiger partial charge on any atom is 0.407 e. The molecule has 10 rings (SSSR count). The second-order valence-corrected chi connectivity index (χ2v) is 18.0. The maximum absolute atomic E-state index is 14.3. The first-order valence-electron chi connectivity index (χ1n) is 22.5. The van der Waals surface area contributed by atoms with Gasteiger partial charge in [-0.25, -0.2) is 19.6 Å². The van der Waals surface area contributed by atoms with Crippen LogP contribution in [0.2, 0.25) is 0 Å². The smallest absolute Gasteiger partial charge is 0.407 e. The van der Waals surface area contributed by atoms with Crippen LogP contribution in [0.3, 0.4) is 0 Å². The minimum Gasteiger partial charge on any atom is -0.453 e. The molecule has 17 nitrogen and oxygen atoms in total. The predicted octanol–water partition coefficient (Wildman–Crippen LogP) is 5.63. The summed E-state index contributed by atoms with van der Waals surface area (Å²) < 4.78 is 20.9. The molecular weight excluding hydrogens is 819 g/mol. The van der Waals surface area contributed by atoms with Gasteiger partial charge in [-0.15, -0.1) is 0 Å². The van der Waals surface area contributed by atoms with Crippen molar-refractivity contribution in [1.29, 1.82) is 5.26 Å². The van der Waals surface area contributed by atoms with Gasteiger partial charge in [-0.2, -0.15) is 5.26 Å². The minimum absolute atomic E-state index is 0.0354. The number of fused-ring (bicyclic) bond motifs is 2. The van der Waals surface area contributed by atoms with E-state index in [0.717, 1.165) is 59.5 Å². The number of alkyl carbamates (subject to hydrolysis) is 2. The summed E-state index contributed by atoms with van der Waals surface area (Å²) in [6, 6.07) is 16.5. The molecule has 4 aliphatic heterocycles. The molecule has 4 aromatic rings. The standard InChI is InChI=1S/C47H53N9O8/c1-61-46(59)53-40(29-11-15-63-16-12-29)44(57)55-35-19-31(35)21-37(55)42-49-24-34(51-42)27-7-3-25(4-8-27)26-5-9-28(10-6-26)39-33(23-48)50-43(52-39)38-22-32-20-36(32)56(38)45(58)41(54-47(60)62-2)30-13-17-64-18-14-30/h3-10,24,29-32,35-38,40-41H,11-22H2,1-2H3,(H,49,51)(H,50,52)(H,53,59)(H,54,60)/t31-,32-,35-,36-,37+,38+,40+,41+/m1/s1. The first-order valence-corrected chi connectivity index (χ1v) is 22.5. The van der Waals surface area contributed by atoms with E-state index in [9.17, 15) is 24.4 Å². The Labute approximate surface area is 370 Å². The largest absolute Gasteiger partial charge is 0.453 e. The molecule has 8 atom stereocenters. The van der Waals surface area contributed by atoms with Crippen LogP contribution >= 0.6 is 0 Å². The van der Waals surface area contributed by atoms with Crippen LogP contribution in [-0.2, 0) is 28.5 Å². The summed E-state index contributed by atoms with van der Waals surface area (Å²) in [6.07, 6.45) is 6.73. The van der Waals surface area contributed by atoms with Crippen LogP contribution in [0.1, 0.15) is 80.8 Å². The van der Waals surface area contributed by atoms with Gasteiger partial charge in [0, 0.05) is 55.8 Å². The van der Waals surface area contributed by atoms with E-state index in [-0.39, 0.29) is 47.8 Å². The lowest BCUT2D eigenvalue weighted by Gasteiger charge is -2.35. The van der Waals surface area contributed by atoms with Gasteiger partial charge in [-0.1, -0.05) is 48.5 Å². The van der Waals surface area contributed by atoms with Crippen molar-refractivity contribution in [2.75, 3.05) is 40.6 Å². The number of imidazole rings is 2. The van der Waals surface area contributed by atoms with Gasteiger partial charge in [0.25, 0.3) is 0 Å². The van der Waals surface area contributed by atoms with Crippen molar-refractivity contribution < 1.29 is 38.1 Å². The highest BCUT2D eigenvalue weighted by Gasteiger charge is 2.58. The quantitative estimate of drug-likeness (QED) is 0.145. The first-order chi connectivity index (χ1) is 31.2. The summed E-state index contributed by atoms with van der Waals surface area (Å²) in [6.45, 7) is 2.17. The van der Waals surface area contributed by atoms with Gasteiger partial charge in [0.15, 0.2) is 0 Å². The highest BCUT2D eigenvalue weighted by Crippen LogP contribution is 2.55. The summed E-state index contributed by atoms with van der Waals surface area (Å²) >= 11 is 0. The summed E-state index contributed by atoms with van der Waals surface area (Å²) in [5.41, 5.74) is 5.30. The minimum atomic E-state index is -0.744. The number of methoxy groups -OCH3 is 2. The lowest BCUT2D eigenvalue weighted by Crippen LogP contribution is -2.54. The fourth-order valence-electron chi connectivity index (χ4n) is 10.7. The number of carbonyl (C=O) groups is 4. The molecule has 4 saturated heterocycles. The van der Waals surface area contributed by atoms with Crippen molar-refractivity contribution in [3.63, 3.8) is 0 Å². The molecule has 0 spiro atoms. The highest BCUT2D eigenvalue weighted by molar-refractivity contribution is 5.88. The number of hydrogen-bond acceptors (Lipinski definition) is 11. The van der Waals surface area contributed by atoms with E-state index in [0.29, 0.717) is 81.2 Å². The molecule has 6 heterocycles. The second-order valence-electron chi connectivity index (χ2n) is 18.0. The van der Waals surface area contributed by atoms with Crippen LogP contribution in [0.25, 0.3) is 33.6 Å². The topological polar surface area (TPSA) is 217 Å². The summed E-state index contributed by atoms with van der Waals surface area (Å²) in [5, 5.41) is 15.9. The number of piperidine rings is 2. The predicted molar refractivity (Wildman–Crippen MR) is 230 cm³/mol. The van der Waals surface area contributed by atoms with Crippen LogP contribution in [0.15, 0.2) is 54.7 Å². The molecule has 0 radical (unpaired) electrons. The fraction of sp³-hybridized carbons (Fsp3) is 0.511. The molecule has 0 unspecified atom stereocenters. The molecule has 4 amide bonds. The number of carbonyl (C=O) groups excluding carboxylic acids is 4. The van der Waals surface area contributed by atoms with Gasteiger partial charge in [0.2, 0.25) is 11.8 Å². The number of nitriles is 1. The van der Waals surface area contributed by atoms with Crippen LogP contribution in [0, 0.1) is 35.0 Å². The van der Waals surface area contributed by atoms with Crippen molar-refractivity contribution >= 4 is 24.0 Å². The number of nitrogens with one attached hydrogen (secondary N) is 4. The zero-order valence-electron chi connectivity index (χ0n) is 36.0. The van der Waals surface area contributed by atoms with Gasteiger partial charge >= 0.3 is 12.2 Å². The van der Waals surface area contributed by atoms with Gasteiger partial charge < -0.3 is 49.3 Å². The van der Waals surface area contributed by atoms with Crippen molar-refractivity contribution in [2.45, 2.75) is 87.6 Å². The normalized spacial score (nSPS) is 26.0. The van der Waals surface area contributed by atoms with Crippen molar-refractivity contribution in [2.24, 2.45) is 23.7 Å². The second kappa shape index (κ2) is 17.4. The van der Waals surface area contributed by atoms with Crippen molar-refractivity contribution in [1.82, 2.24) is 40.4 Å².